The molecule has 0 atom stereocenters. The summed E-state index contributed by atoms with van der Waals surface area (Å²) in [5.74, 6) is 0.159. The van der Waals surface area contributed by atoms with Crippen molar-refractivity contribution in [1.82, 2.24) is 4.31 Å². The van der Waals surface area contributed by atoms with Gasteiger partial charge in [0.25, 0.3) is 5.91 Å². The molecule has 0 aliphatic rings. The van der Waals surface area contributed by atoms with Crippen LogP contribution in [0, 0.1) is 0 Å². The van der Waals surface area contributed by atoms with E-state index in [-0.39, 0.29) is 16.8 Å². The van der Waals surface area contributed by atoms with Crippen LogP contribution in [0.4, 0.5) is 5.69 Å². The van der Waals surface area contributed by atoms with Crippen LogP contribution >= 0.6 is 11.8 Å². The first-order valence-electron chi connectivity index (χ1n) is 8.32. The van der Waals surface area contributed by atoms with Crippen LogP contribution in [-0.4, -0.2) is 45.1 Å². The van der Waals surface area contributed by atoms with Gasteiger partial charge in [-0.1, -0.05) is 0 Å². The topological polar surface area (TPSA) is 75.7 Å². The summed E-state index contributed by atoms with van der Waals surface area (Å²) in [6.45, 7) is 3.61. The number of nitrogens with one attached hydrogen (secondary N) is 1. The highest BCUT2D eigenvalue weighted by molar-refractivity contribution is 7.98. The lowest BCUT2D eigenvalue weighted by atomic mass is 10.2. The predicted octanol–water partition coefficient (Wildman–Crippen LogP) is 3.70. The number of sulfonamides is 1. The Labute approximate surface area is 165 Å². The third kappa shape index (κ3) is 4.82. The van der Waals surface area contributed by atoms with Crippen LogP contribution in [0.1, 0.15) is 24.2 Å². The first kappa shape index (κ1) is 21.3. The molecule has 0 aromatic heterocycles. The molecule has 27 heavy (non-hydrogen) atoms. The second kappa shape index (κ2) is 8.77. The van der Waals surface area contributed by atoms with Gasteiger partial charge in [-0.05, 0) is 62.6 Å². The average molecular weight is 409 g/mol. The van der Waals surface area contributed by atoms with E-state index in [2.05, 4.69) is 5.32 Å². The van der Waals surface area contributed by atoms with Crippen molar-refractivity contribution in [1.29, 1.82) is 0 Å². The number of thioether (sulfide) groups is 1. The first-order valence-corrected chi connectivity index (χ1v) is 11.0. The molecule has 0 spiro atoms. The zero-order valence-corrected chi connectivity index (χ0v) is 17.6. The van der Waals surface area contributed by atoms with Crippen molar-refractivity contribution in [3.05, 3.63) is 48.0 Å². The summed E-state index contributed by atoms with van der Waals surface area (Å²) in [7, 11) is -0.499. The maximum absolute atomic E-state index is 12.5. The van der Waals surface area contributed by atoms with Gasteiger partial charge >= 0.3 is 0 Å². The summed E-state index contributed by atoms with van der Waals surface area (Å²) in [4.78, 5) is 13.7. The van der Waals surface area contributed by atoms with E-state index >= 15 is 0 Å². The van der Waals surface area contributed by atoms with Crippen molar-refractivity contribution in [2.45, 2.75) is 29.7 Å². The van der Waals surface area contributed by atoms with E-state index in [0.717, 1.165) is 4.90 Å². The number of hydrogen-bond acceptors (Lipinski definition) is 5. The summed E-state index contributed by atoms with van der Waals surface area (Å²) >= 11 is 1.56. The minimum absolute atomic E-state index is 0.147. The lowest BCUT2D eigenvalue weighted by Gasteiger charge is -2.21. The van der Waals surface area contributed by atoms with E-state index in [1.54, 1.807) is 43.1 Å². The summed E-state index contributed by atoms with van der Waals surface area (Å²) in [6, 6.07) is 11.3. The Morgan fingerprint density at radius 3 is 2.30 bits per heavy atom. The zero-order chi connectivity index (χ0) is 20.2. The molecule has 0 aliphatic heterocycles. The number of carbonyl (C=O) groups is 1. The van der Waals surface area contributed by atoms with Gasteiger partial charge in [-0.3, -0.25) is 4.79 Å². The monoisotopic (exact) mass is 408 g/mol. The smallest absolute Gasteiger partial charge is 0.259 e. The van der Waals surface area contributed by atoms with E-state index in [9.17, 15) is 13.2 Å². The molecule has 2 aromatic rings. The van der Waals surface area contributed by atoms with Crippen molar-refractivity contribution >= 4 is 33.4 Å². The average Bonchev–Trinajstić information content (AvgIpc) is 2.66. The predicted molar refractivity (Wildman–Crippen MR) is 109 cm³/mol. The maximum Gasteiger partial charge on any atom is 0.259 e. The van der Waals surface area contributed by atoms with E-state index in [1.807, 2.05) is 26.2 Å². The van der Waals surface area contributed by atoms with Crippen LogP contribution in [0.15, 0.2) is 52.3 Å². The third-order valence-corrected chi connectivity index (χ3v) is 6.94. The Hall–Kier alpha value is -2.03. The zero-order valence-electron chi connectivity index (χ0n) is 16.0. The molecule has 6 nitrogen and oxygen atoms in total. The largest absolute Gasteiger partial charge is 0.496 e. The molecule has 0 radical (unpaired) electrons. The van der Waals surface area contributed by atoms with Crippen molar-refractivity contribution < 1.29 is 17.9 Å². The van der Waals surface area contributed by atoms with Crippen molar-refractivity contribution in [3.63, 3.8) is 0 Å². The van der Waals surface area contributed by atoms with Crippen molar-refractivity contribution in [2.24, 2.45) is 0 Å². The molecule has 0 aliphatic carbocycles. The number of methoxy groups -OCH3 is 1. The third-order valence-electron chi connectivity index (χ3n) is 4.17. The molecule has 2 aromatic carbocycles. The Kier molecular flexibility index (Phi) is 6.91. The SMILES string of the molecule is COc1cc(SC)ccc1C(=O)Nc1ccc(S(=O)(=O)N(C)C(C)C)cc1. The molecule has 0 bridgehead atoms. The number of benzene rings is 2. The number of nitrogens with zero attached hydrogens (tertiary/aromatic N) is 1. The van der Waals surface area contributed by atoms with Gasteiger partial charge < -0.3 is 10.1 Å². The summed E-state index contributed by atoms with van der Waals surface area (Å²) in [5.41, 5.74) is 0.911. The van der Waals surface area contributed by atoms with Gasteiger partial charge in [-0.2, -0.15) is 4.31 Å². The Morgan fingerprint density at radius 1 is 1.15 bits per heavy atom. The number of carbonyl (C=O) groups excluding carboxylic acids is 1. The summed E-state index contributed by atoms with van der Waals surface area (Å²) < 4.78 is 31.6. The second-order valence-electron chi connectivity index (χ2n) is 6.16. The minimum Gasteiger partial charge on any atom is -0.496 e. The normalized spacial score (nSPS) is 11.7. The van der Waals surface area contributed by atoms with E-state index in [1.165, 1.54) is 23.5 Å². The molecule has 0 fully saturated rings. The molecule has 8 heteroatoms. The van der Waals surface area contributed by atoms with E-state index < -0.39 is 10.0 Å². The highest BCUT2D eigenvalue weighted by atomic mass is 32.2. The number of hydrogen-bond donors (Lipinski definition) is 1. The minimum atomic E-state index is -3.56. The van der Waals surface area contributed by atoms with Gasteiger partial charge in [0.1, 0.15) is 5.75 Å². The molecule has 1 N–H and O–H groups in total. The van der Waals surface area contributed by atoms with Gasteiger partial charge in [0.15, 0.2) is 0 Å². The molecule has 0 heterocycles. The van der Waals surface area contributed by atoms with Gasteiger partial charge in [-0.15, -0.1) is 11.8 Å². The quantitative estimate of drug-likeness (QED) is 0.707. The summed E-state index contributed by atoms with van der Waals surface area (Å²) in [6.07, 6.45) is 1.95. The first-order chi connectivity index (χ1) is 12.7. The lowest BCUT2D eigenvalue weighted by molar-refractivity contribution is 0.102. The highest BCUT2D eigenvalue weighted by Crippen LogP contribution is 2.26. The van der Waals surface area contributed by atoms with E-state index in [4.69, 9.17) is 4.74 Å². The van der Waals surface area contributed by atoms with Crippen LogP contribution in [0.2, 0.25) is 0 Å². The molecule has 1 amide bonds. The highest BCUT2D eigenvalue weighted by Gasteiger charge is 2.23. The second-order valence-corrected chi connectivity index (χ2v) is 9.04. The maximum atomic E-state index is 12.5. The van der Waals surface area contributed by atoms with Gasteiger partial charge in [0.05, 0.1) is 17.6 Å². The molecular formula is C19H24N2O4S2. The van der Waals surface area contributed by atoms with Crippen LogP contribution in [-0.2, 0) is 10.0 Å². The number of ether oxygens (including phenoxy) is 1. The molecule has 0 saturated carbocycles. The number of rotatable bonds is 7. The Balaban J connectivity index is 2.21. The fourth-order valence-electron chi connectivity index (χ4n) is 2.34. The van der Waals surface area contributed by atoms with Gasteiger partial charge in [-0.25, -0.2) is 8.42 Å². The van der Waals surface area contributed by atoms with Crippen molar-refractivity contribution in [3.8, 4) is 5.75 Å². The lowest BCUT2D eigenvalue weighted by Crippen LogP contribution is -2.33. The molecular weight excluding hydrogens is 384 g/mol. The van der Waals surface area contributed by atoms with E-state index in [0.29, 0.717) is 17.0 Å². The number of anilines is 1. The fourth-order valence-corrected chi connectivity index (χ4v) is 4.14. The Morgan fingerprint density at radius 2 is 1.78 bits per heavy atom. The molecule has 146 valence electrons. The van der Waals surface area contributed by atoms with Crippen LogP contribution in [0.5, 0.6) is 5.75 Å². The Bertz CT molecular complexity index is 910. The van der Waals surface area contributed by atoms with Crippen LogP contribution in [0.3, 0.4) is 0 Å². The number of amides is 1. The molecule has 2 rings (SSSR count). The van der Waals surface area contributed by atoms with Crippen molar-refractivity contribution in [2.75, 3.05) is 25.7 Å². The van der Waals surface area contributed by atoms with Crippen LogP contribution in [0.25, 0.3) is 0 Å². The van der Waals surface area contributed by atoms with Gasteiger partial charge in [0.2, 0.25) is 10.0 Å². The fraction of sp³-hybridized carbons (Fsp3) is 0.316. The van der Waals surface area contributed by atoms with Gasteiger partial charge in [0, 0.05) is 23.7 Å². The molecule has 0 unspecified atom stereocenters. The molecule has 0 saturated heterocycles. The van der Waals surface area contributed by atoms with Crippen LogP contribution < -0.4 is 10.1 Å². The summed E-state index contributed by atoms with van der Waals surface area (Å²) in [5, 5.41) is 2.77. The standard InChI is InChI=1S/C19H24N2O4S2/c1-13(2)21(3)27(23,24)16-9-6-14(7-10-16)20-19(22)17-11-8-15(26-5)12-18(17)25-4/h6-13H,1-5H3,(H,20,22).